The number of carbonyl (C=O) groups is 1. The number of carbonyl (C=O) groups excluding carboxylic acids is 1. The van der Waals surface area contributed by atoms with Crippen LogP contribution in [0, 0.1) is 17.8 Å². The van der Waals surface area contributed by atoms with Gasteiger partial charge in [-0.3, -0.25) is 4.79 Å². The van der Waals surface area contributed by atoms with Gasteiger partial charge in [0.05, 0.1) is 24.5 Å². The third kappa shape index (κ3) is 6.44. The van der Waals surface area contributed by atoms with Gasteiger partial charge in [-0.1, -0.05) is 12.0 Å². The Morgan fingerprint density at radius 1 is 1.26 bits per heavy atom. The Balaban J connectivity index is 1.55. The Hall–Kier alpha value is -2.84. The SMILES string of the molecule is CN1CC[C@@H](Nc2cccc3c(CC(F)(F)F)c(C#CCNC(=O)C4CCOCC4)nn23)[C@@H](F)C1. The number of aromatic nitrogens is 2. The summed E-state index contributed by atoms with van der Waals surface area (Å²) in [4.78, 5) is 14.1. The van der Waals surface area contributed by atoms with Gasteiger partial charge in [0.15, 0.2) is 0 Å². The van der Waals surface area contributed by atoms with E-state index in [0.717, 1.165) is 0 Å². The predicted molar refractivity (Wildman–Crippen MR) is 123 cm³/mol. The largest absolute Gasteiger partial charge is 0.393 e. The molecule has 0 aromatic carbocycles. The molecule has 1 amide bonds. The topological polar surface area (TPSA) is 70.9 Å². The lowest BCUT2D eigenvalue weighted by molar-refractivity contribution is -0.128. The van der Waals surface area contributed by atoms with E-state index in [4.69, 9.17) is 4.74 Å². The van der Waals surface area contributed by atoms with Crippen LogP contribution in [-0.2, 0) is 16.0 Å². The molecule has 11 heteroatoms. The molecule has 0 unspecified atom stereocenters. The van der Waals surface area contributed by atoms with E-state index in [0.29, 0.717) is 44.8 Å². The highest BCUT2D eigenvalue weighted by atomic mass is 19.4. The third-order valence-electron chi connectivity index (χ3n) is 6.36. The summed E-state index contributed by atoms with van der Waals surface area (Å²) in [6, 6.07) is 4.35. The second kappa shape index (κ2) is 10.8. The number of nitrogens with zero attached hydrogens (tertiary/aromatic N) is 3. The summed E-state index contributed by atoms with van der Waals surface area (Å²) in [6.45, 7) is 2.05. The zero-order chi connectivity index (χ0) is 25.0. The summed E-state index contributed by atoms with van der Waals surface area (Å²) >= 11 is 0. The molecule has 2 fully saturated rings. The van der Waals surface area contributed by atoms with Crippen molar-refractivity contribution in [3.63, 3.8) is 0 Å². The number of halogens is 4. The highest BCUT2D eigenvalue weighted by molar-refractivity contribution is 5.79. The highest BCUT2D eigenvalue weighted by Crippen LogP contribution is 2.28. The van der Waals surface area contributed by atoms with Crippen molar-refractivity contribution >= 4 is 17.2 Å². The summed E-state index contributed by atoms with van der Waals surface area (Å²) in [6.07, 6.45) is -4.95. The maximum atomic E-state index is 14.5. The normalized spacial score (nSPS) is 22.0. The van der Waals surface area contributed by atoms with Gasteiger partial charge in [0.1, 0.15) is 17.7 Å². The molecule has 0 radical (unpaired) electrons. The van der Waals surface area contributed by atoms with E-state index < -0.39 is 24.8 Å². The summed E-state index contributed by atoms with van der Waals surface area (Å²) in [7, 11) is 1.84. The van der Waals surface area contributed by atoms with E-state index in [2.05, 4.69) is 27.6 Å². The number of hydrogen-bond donors (Lipinski definition) is 2. The molecule has 4 rings (SSSR count). The first-order valence-corrected chi connectivity index (χ1v) is 11.7. The van der Waals surface area contributed by atoms with Gasteiger partial charge in [0.25, 0.3) is 0 Å². The maximum Gasteiger partial charge on any atom is 0.393 e. The lowest BCUT2D eigenvalue weighted by Gasteiger charge is -2.33. The van der Waals surface area contributed by atoms with Crippen molar-refractivity contribution < 1.29 is 27.1 Å². The van der Waals surface area contributed by atoms with Crippen molar-refractivity contribution in [2.45, 2.75) is 44.1 Å². The average Bonchev–Trinajstić information content (AvgIpc) is 3.15. The van der Waals surface area contributed by atoms with Gasteiger partial charge >= 0.3 is 6.18 Å². The molecular weight excluding hydrogens is 466 g/mol. The smallest absolute Gasteiger partial charge is 0.381 e. The van der Waals surface area contributed by atoms with Crippen LogP contribution in [-0.4, -0.2) is 78.7 Å². The number of fused-ring (bicyclic) bond motifs is 1. The van der Waals surface area contributed by atoms with Crippen molar-refractivity contribution in [1.29, 1.82) is 0 Å². The number of likely N-dealkylation sites (tertiary alicyclic amines) is 1. The van der Waals surface area contributed by atoms with Crippen LogP contribution in [0.3, 0.4) is 0 Å². The number of ether oxygens (including phenoxy) is 1. The highest BCUT2D eigenvalue weighted by Gasteiger charge is 2.32. The molecular formula is C24H29F4N5O2. The molecule has 2 aromatic heterocycles. The van der Waals surface area contributed by atoms with Crippen LogP contribution in [0.5, 0.6) is 0 Å². The lowest BCUT2D eigenvalue weighted by atomic mass is 9.99. The van der Waals surface area contributed by atoms with Crippen molar-refractivity contribution in [2.75, 3.05) is 45.2 Å². The summed E-state index contributed by atoms with van der Waals surface area (Å²) in [5.74, 6) is 5.55. The zero-order valence-corrected chi connectivity index (χ0v) is 19.5. The molecule has 2 N–H and O–H groups in total. The molecule has 0 bridgehead atoms. The van der Waals surface area contributed by atoms with Crippen LogP contribution in [0.4, 0.5) is 23.4 Å². The number of alkyl halides is 4. The van der Waals surface area contributed by atoms with Crippen molar-refractivity contribution in [3.8, 4) is 11.8 Å². The molecule has 35 heavy (non-hydrogen) atoms. The minimum absolute atomic E-state index is 0.000248. The first kappa shape index (κ1) is 25.3. The van der Waals surface area contributed by atoms with Crippen LogP contribution in [0.2, 0.25) is 0 Å². The Morgan fingerprint density at radius 3 is 2.74 bits per heavy atom. The van der Waals surface area contributed by atoms with E-state index in [1.165, 1.54) is 4.52 Å². The number of nitrogens with one attached hydrogen (secondary N) is 2. The fourth-order valence-corrected chi connectivity index (χ4v) is 4.48. The molecule has 0 aliphatic carbocycles. The molecule has 2 saturated heterocycles. The average molecular weight is 496 g/mol. The molecule has 190 valence electrons. The maximum absolute atomic E-state index is 14.5. The van der Waals surface area contributed by atoms with Crippen molar-refractivity contribution in [2.24, 2.45) is 5.92 Å². The quantitative estimate of drug-likeness (QED) is 0.493. The first-order chi connectivity index (χ1) is 16.7. The van der Waals surface area contributed by atoms with Gasteiger partial charge in [-0.05, 0) is 44.4 Å². The molecule has 7 nitrogen and oxygen atoms in total. The van der Waals surface area contributed by atoms with Gasteiger partial charge in [-0.15, -0.1) is 0 Å². The Labute approximate surface area is 201 Å². The molecule has 2 aliphatic rings. The van der Waals surface area contributed by atoms with Crippen molar-refractivity contribution in [3.05, 3.63) is 29.5 Å². The predicted octanol–water partition coefficient (Wildman–Crippen LogP) is 2.79. The number of anilines is 1. The molecule has 0 saturated carbocycles. The zero-order valence-electron chi connectivity index (χ0n) is 19.5. The fraction of sp³-hybridized carbons (Fsp3) is 0.583. The van der Waals surface area contributed by atoms with Gasteiger partial charge in [-0.25, -0.2) is 8.91 Å². The molecule has 2 aromatic rings. The number of rotatable bonds is 5. The van der Waals surface area contributed by atoms with Crippen LogP contribution in [0.25, 0.3) is 5.52 Å². The lowest BCUT2D eigenvalue weighted by Crippen LogP contribution is -2.46. The van der Waals surface area contributed by atoms with Crippen LogP contribution in [0.1, 0.15) is 30.5 Å². The summed E-state index contributed by atoms with van der Waals surface area (Å²) < 4.78 is 61.2. The number of pyridine rings is 1. The van der Waals surface area contributed by atoms with Gasteiger partial charge in [0, 0.05) is 37.8 Å². The van der Waals surface area contributed by atoms with Crippen LogP contribution in [0.15, 0.2) is 18.2 Å². The summed E-state index contributed by atoms with van der Waals surface area (Å²) in [5, 5.41) is 10.2. The standard InChI is InChI=1S/C24H29F4N5O2/c1-32-11-7-20(18(25)15-32)30-22-6-2-5-21-17(14-24(26,27)28)19(31-33(21)22)4-3-10-29-23(34)16-8-12-35-13-9-16/h2,5-6,16,18,20,30H,7-15H2,1H3,(H,29,34)/t18-,20+/m0/s1. The monoisotopic (exact) mass is 495 g/mol. The molecule has 2 aliphatic heterocycles. The molecule has 4 heterocycles. The Morgan fingerprint density at radius 2 is 2.03 bits per heavy atom. The minimum Gasteiger partial charge on any atom is -0.381 e. The van der Waals surface area contributed by atoms with Gasteiger partial charge in [0.2, 0.25) is 5.91 Å². The first-order valence-electron chi connectivity index (χ1n) is 11.7. The number of hydrogen-bond acceptors (Lipinski definition) is 5. The van der Waals surface area contributed by atoms with E-state index in [1.807, 2.05) is 11.9 Å². The van der Waals surface area contributed by atoms with E-state index in [-0.39, 0.29) is 41.7 Å². The van der Waals surface area contributed by atoms with Crippen LogP contribution >= 0.6 is 0 Å². The minimum atomic E-state index is -4.46. The fourth-order valence-electron chi connectivity index (χ4n) is 4.48. The second-order valence-electron chi connectivity index (χ2n) is 9.05. The van der Waals surface area contributed by atoms with E-state index >= 15 is 0 Å². The Bertz CT molecular complexity index is 1100. The third-order valence-corrected chi connectivity index (χ3v) is 6.36. The van der Waals surface area contributed by atoms with Gasteiger partial charge < -0.3 is 20.3 Å². The second-order valence-corrected chi connectivity index (χ2v) is 9.05. The van der Waals surface area contributed by atoms with Gasteiger partial charge in [-0.2, -0.15) is 18.3 Å². The number of amides is 1. The Kier molecular flexibility index (Phi) is 7.82. The number of piperidine rings is 1. The van der Waals surface area contributed by atoms with Crippen LogP contribution < -0.4 is 10.6 Å². The van der Waals surface area contributed by atoms with Crippen molar-refractivity contribution in [1.82, 2.24) is 19.8 Å². The van der Waals surface area contributed by atoms with E-state index in [1.54, 1.807) is 18.2 Å². The van der Waals surface area contributed by atoms with E-state index in [9.17, 15) is 22.4 Å². The molecule has 2 atom stereocenters. The summed E-state index contributed by atoms with van der Waals surface area (Å²) in [5.41, 5.74) is 0.188. The molecule has 0 spiro atoms.